The van der Waals surface area contributed by atoms with Crippen molar-refractivity contribution < 1.29 is 4.39 Å². The van der Waals surface area contributed by atoms with Crippen molar-refractivity contribution in [1.82, 2.24) is 9.97 Å². The molecule has 0 fully saturated rings. The summed E-state index contributed by atoms with van der Waals surface area (Å²) >= 11 is 0. The maximum Gasteiger partial charge on any atom is 0.143 e. The molecule has 0 saturated heterocycles. The van der Waals surface area contributed by atoms with E-state index < -0.39 is 5.82 Å². The molecule has 0 radical (unpaired) electrons. The van der Waals surface area contributed by atoms with Crippen LogP contribution in [-0.4, -0.2) is 17.0 Å². The molecule has 3 aromatic rings. The molecule has 1 heterocycles. The van der Waals surface area contributed by atoms with Gasteiger partial charge in [0.25, 0.3) is 0 Å². The van der Waals surface area contributed by atoms with Crippen molar-refractivity contribution in [3.05, 3.63) is 60.3 Å². The molecule has 0 aliphatic heterocycles. The molecule has 21 heavy (non-hydrogen) atoms. The van der Waals surface area contributed by atoms with Crippen LogP contribution in [0.4, 0.5) is 15.8 Å². The SMILES string of the molecule is CN(c1ccc2ncncc2c1)c1cccc(F)c1C#N. The second-order valence-corrected chi connectivity index (χ2v) is 4.57. The minimum absolute atomic E-state index is 0.0319. The molecule has 4 nitrogen and oxygen atoms in total. The van der Waals surface area contributed by atoms with Gasteiger partial charge in [0.05, 0.1) is 11.2 Å². The van der Waals surface area contributed by atoms with Gasteiger partial charge < -0.3 is 4.90 Å². The Bertz CT molecular complexity index is 854. The lowest BCUT2D eigenvalue weighted by atomic mass is 10.1. The Labute approximate surface area is 121 Å². The van der Waals surface area contributed by atoms with Gasteiger partial charge in [-0.2, -0.15) is 5.26 Å². The fraction of sp³-hybridized carbons (Fsp3) is 0.0625. The average Bonchev–Trinajstić information content (AvgIpc) is 2.53. The van der Waals surface area contributed by atoms with Crippen LogP contribution in [0.2, 0.25) is 0 Å². The minimum atomic E-state index is -0.522. The fourth-order valence-corrected chi connectivity index (χ4v) is 2.22. The molecule has 5 heteroatoms. The van der Waals surface area contributed by atoms with Crippen LogP contribution in [0.5, 0.6) is 0 Å². The van der Waals surface area contributed by atoms with E-state index in [1.165, 1.54) is 12.4 Å². The van der Waals surface area contributed by atoms with E-state index in [9.17, 15) is 4.39 Å². The zero-order valence-corrected chi connectivity index (χ0v) is 11.3. The van der Waals surface area contributed by atoms with Gasteiger partial charge in [0.15, 0.2) is 0 Å². The number of aromatic nitrogens is 2. The van der Waals surface area contributed by atoms with Crippen LogP contribution in [0.1, 0.15) is 5.56 Å². The highest BCUT2D eigenvalue weighted by Gasteiger charge is 2.13. The van der Waals surface area contributed by atoms with Crippen molar-refractivity contribution >= 4 is 22.3 Å². The molecular weight excluding hydrogens is 267 g/mol. The molecule has 0 spiro atoms. The summed E-state index contributed by atoms with van der Waals surface area (Å²) in [4.78, 5) is 9.92. The summed E-state index contributed by atoms with van der Waals surface area (Å²) in [6, 6.07) is 12.1. The lowest BCUT2D eigenvalue weighted by Crippen LogP contribution is -2.11. The zero-order chi connectivity index (χ0) is 14.8. The Morgan fingerprint density at radius 2 is 2.10 bits per heavy atom. The maximum absolute atomic E-state index is 13.7. The van der Waals surface area contributed by atoms with Gasteiger partial charge in [0, 0.05) is 24.3 Å². The van der Waals surface area contributed by atoms with Gasteiger partial charge in [-0.15, -0.1) is 0 Å². The molecule has 0 aliphatic rings. The van der Waals surface area contributed by atoms with E-state index in [0.29, 0.717) is 5.69 Å². The van der Waals surface area contributed by atoms with Crippen molar-refractivity contribution in [2.75, 3.05) is 11.9 Å². The first-order valence-electron chi connectivity index (χ1n) is 6.33. The van der Waals surface area contributed by atoms with Crippen LogP contribution in [0, 0.1) is 17.1 Å². The molecule has 3 rings (SSSR count). The van der Waals surface area contributed by atoms with Crippen molar-refractivity contribution in [3.8, 4) is 6.07 Å². The van der Waals surface area contributed by atoms with Crippen molar-refractivity contribution in [3.63, 3.8) is 0 Å². The molecule has 0 amide bonds. The molecule has 1 aromatic heterocycles. The van der Waals surface area contributed by atoms with Gasteiger partial charge in [-0.3, -0.25) is 0 Å². The Kier molecular flexibility index (Phi) is 3.20. The van der Waals surface area contributed by atoms with E-state index in [0.717, 1.165) is 16.6 Å². The van der Waals surface area contributed by atoms with E-state index >= 15 is 0 Å². The second-order valence-electron chi connectivity index (χ2n) is 4.57. The quantitative estimate of drug-likeness (QED) is 0.721. The third-order valence-electron chi connectivity index (χ3n) is 3.34. The monoisotopic (exact) mass is 278 g/mol. The standard InChI is InChI=1S/C16H11FN4/c1-21(16-4-2-3-14(17)13(16)8-18)12-5-6-15-11(7-12)9-19-10-20-15/h2-7,9-10H,1H3. The van der Waals surface area contributed by atoms with Gasteiger partial charge in [0.1, 0.15) is 23.8 Å². The number of nitrogens with zero attached hydrogens (tertiary/aromatic N) is 4. The van der Waals surface area contributed by atoms with E-state index in [-0.39, 0.29) is 5.56 Å². The lowest BCUT2D eigenvalue weighted by Gasteiger charge is -2.21. The predicted molar refractivity (Wildman–Crippen MR) is 78.7 cm³/mol. The van der Waals surface area contributed by atoms with Crippen molar-refractivity contribution in [1.29, 1.82) is 5.26 Å². The van der Waals surface area contributed by atoms with E-state index in [1.54, 1.807) is 30.3 Å². The normalized spacial score (nSPS) is 10.3. The number of hydrogen-bond donors (Lipinski definition) is 0. The van der Waals surface area contributed by atoms with E-state index in [4.69, 9.17) is 5.26 Å². The number of halogens is 1. The van der Waals surface area contributed by atoms with Crippen LogP contribution in [0.25, 0.3) is 10.9 Å². The first-order valence-corrected chi connectivity index (χ1v) is 6.33. The summed E-state index contributed by atoms with van der Waals surface area (Å²) in [6.07, 6.45) is 3.21. The minimum Gasteiger partial charge on any atom is -0.343 e. The predicted octanol–water partition coefficient (Wildman–Crippen LogP) is 3.41. The largest absolute Gasteiger partial charge is 0.343 e. The Hall–Kier alpha value is -3.00. The molecular formula is C16H11FN4. The first kappa shape index (κ1) is 13.0. The lowest BCUT2D eigenvalue weighted by molar-refractivity contribution is 0.624. The van der Waals surface area contributed by atoms with Gasteiger partial charge in [0.2, 0.25) is 0 Å². The molecule has 0 bridgehead atoms. The van der Waals surface area contributed by atoms with Crippen LogP contribution in [0.15, 0.2) is 48.9 Å². The first-order chi connectivity index (χ1) is 10.2. The van der Waals surface area contributed by atoms with E-state index in [2.05, 4.69) is 9.97 Å². The zero-order valence-electron chi connectivity index (χ0n) is 11.3. The summed E-state index contributed by atoms with van der Waals surface area (Å²) in [5.74, 6) is -0.522. The smallest absolute Gasteiger partial charge is 0.143 e. The molecule has 0 atom stereocenters. The summed E-state index contributed by atoms with van der Waals surface area (Å²) in [5, 5.41) is 10.0. The van der Waals surface area contributed by atoms with Gasteiger partial charge >= 0.3 is 0 Å². The highest BCUT2D eigenvalue weighted by molar-refractivity contribution is 5.83. The number of anilines is 2. The number of benzene rings is 2. The fourth-order valence-electron chi connectivity index (χ4n) is 2.22. The number of fused-ring (bicyclic) bond motifs is 1. The average molecular weight is 278 g/mol. The number of hydrogen-bond acceptors (Lipinski definition) is 4. The van der Waals surface area contributed by atoms with Gasteiger partial charge in [-0.25, -0.2) is 14.4 Å². The molecule has 0 unspecified atom stereocenters. The second kappa shape index (κ2) is 5.17. The van der Waals surface area contributed by atoms with Crippen molar-refractivity contribution in [2.45, 2.75) is 0 Å². The Morgan fingerprint density at radius 1 is 1.24 bits per heavy atom. The summed E-state index contributed by atoms with van der Waals surface area (Å²) < 4.78 is 13.7. The Balaban J connectivity index is 2.10. The Morgan fingerprint density at radius 3 is 2.90 bits per heavy atom. The third-order valence-corrected chi connectivity index (χ3v) is 3.34. The summed E-state index contributed by atoms with van der Waals surface area (Å²) in [7, 11) is 1.79. The van der Waals surface area contributed by atoms with Crippen LogP contribution >= 0.6 is 0 Å². The molecule has 102 valence electrons. The number of nitriles is 1. The highest BCUT2D eigenvalue weighted by atomic mass is 19.1. The highest BCUT2D eigenvalue weighted by Crippen LogP contribution is 2.29. The van der Waals surface area contributed by atoms with Crippen molar-refractivity contribution in [2.24, 2.45) is 0 Å². The molecule has 2 aromatic carbocycles. The third kappa shape index (κ3) is 2.28. The van der Waals surface area contributed by atoms with Crippen LogP contribution in [-0.2, 0) is 0 Å². The number of rotatable bonds is 2. The molecule has 0 saturated carbocycles. The molecule has 0 N–H and O–H groups in total. The maximum atomic E-state index is 13.7. The summed E-state index contributed by atoms with van der Waals surface area (Å²) in [5.41, 5.74) is 2.22. The van der Waals surface area contributed by atoms with Crippen LogP contribution in [0.3, 0.4) is 0 Å². The molecule has 0 aliphatic carbocycles. The summed E-state index contributed by atoms with van der Waals surface area (Å²) in [6.45, 7) is 0. The topological polar surface area (TPSA) is 52.8 Å². The van der Waals surface area contributed by atoms with Gasteiger partial charge in [-0.05, 0) is 30.3 Å². The van der Waals surface area contributed by atoms with Gasteiger partial charge in [-0.1, -0.05) is 6.07 Å². The van der Waals surface area contributed by atoms with E-state index in [1.807, 2.05) is 24.3 Å². The van der Waals surface area contributed by atoms with Crippen LogP contribution < -0.4 is 4.90 Å².